The summed E-state index contributed by atoms with van der Waals surface area (Å²) in [6.07, 6.45) is 6.44. The van der Waals surface area contributed by atoms with Gasteiger partial charge in [0, 0.05) is 46.3 Å². The lowest BCUT2D eigenvalue weighted by atomic mass is 9.92. The van der Waals surface area contributed by atoms with Gasteiger partial charge in [0.05, 0.1) is 32.6 Å². The van der Waals surface area contributed by atoms with Crippen molar-refractivity contribution in [1.29, 1.82) is 0 Å². The molecule has 0 fully saturated rings. The molecule has 4 aromatic rings. The molecule has 2 N–H and O–H groups in total. The molecular weight excluding hydrogens is 554 g/mol. The first-order chi connectivity index (χ1) is 20.8. The summed E-state index contributed by atoms with van der Waals surface area (Å²) in [5.41, 5.74) is 2.48. The topological polar surface area (TPSA) is 134 Å². The third-order valence-corrected chi connectivity index (χ3v) is 7.17. The van der Waals surface area contributed by atoms with Gasteiger partial charge in [-0.1, -0.05) is 13.3 Å². The molecular formula is C33H31NO9. The van der Waals surface area contributed by atoms with Gasteiger partial charge in [0.15, 0.2) is 11.5 Å². The van der Waals surface area contributed by atoms with E-state index in [0.29, 0.717) is 68.4 Å². The first kappa shape index (κ1) is 29.2. The van der Waals surface area contributed by atoms with E-state index in [4.69, 9.17) is 23.7 Å². The van der Waals surface area contributed by atoms with E-state index in [1.807, 2.05) is 6.07 Å². The molecule has 43 heavy (non-hydrogen) atoms. The van der Waals surface area contributed by atoms with Gasteiger partial charge in [-0.2, -0.15) is 0 Å². The van der Waals surface area contributed by atoms with Crippen LogP contribution in [0, 0.1) is 0 Å². The molecule has 0 aliphatic carbocycles. The Hall–Kier alpha value is -5.25. The average molecular weight is 586 g/mol. The van der Waals surface area contributed by atoms with Gasteiger partial charge in [-0.15, -0.1) is 0 Å². The zero-order chi connectivity index (χ0) is 30.5. The van der Waals surface area contributed by atoms with Crippen LogP contribution >= 0.6 is 0 Å². The Balaban J connectivity index is 1.71. The second kappa shape index (κ2) is 12.7. The first-order valence-electron chi connectivity index (χ1n) is 13.7. The normalized spacial score (nSPS) is 12.3. The number of unbranched alkanes of at least 4 members (excludes halogenated alkanes) is 1. The molecule has 0 bridgehead atoms. The maximum absolute atomic E-state index is 12.6. The highest BCUT2D eigenvalue weighted by Crippen LogP contribution is 2.42. The molecule has 0 unspecified atom stereocenters. The lowest BCUT2D eigenvalue weighted by molar-refractivity contribution is -0.132. The van der Waals surface area contributed by atoms with Gasteiger partial charge in [0.25, 0.3) is 0 Å². The number of methoxy groups -OCH3 is 2. The van der Waals surface area contributed by atoms with Crippen molar-refractivity contribution in [2.24, 2.45) is 0 Å². The summed E-state index contributed by atoms with van der Waals surface area (Å²) in [6, 6.07) is 11.8. The molecule has 0 spiro atoms. The molecule has 222 valence electrons. The highest BCUT2D eigenvalue weighted by molar-refractivity contribution is 6.06. The standard InChI is InChI=1S/C33H31NO9/c1-4-5-10-41-30-17-34-16-22(12-21(33(37)38)11-20-14-28-29(43-18-42-28)15-27(20)40-3)31(30)24-8-9-26(39-2)23-7-6-19(32(35)36)13-25(23)24/h6-9,12-17H,4-5,10-11,18H2,1-3H3,(H,35,36)(H,37,38)/b21-12+. The molecule has 10 nitrogen and oxygen atoms in total. The van der Waals surface area contributed by atoms with Crippen molar-refractivity contribution < 1.29 is 43.5 Å². The zero-order valence-corrected chi connectivity index (χ0v) is 24.0. The Kier molecular flexibility index (Phi) is 8.66. The molecule has 0 saturated carbocycles. The maximum Gasteiger partial charge on any atom is 0.335 e. The number of aromatic nitrogens is 1. The van der Waals surface area contributed by atoms with Crippen LogP contribution < -0.4 is 23.7 Å². The second-order valence-corrected chi connectivity index (χ2v) is 9.85. The molecule has 1 aliphatic rings. The van der Waals surface area contributed by atoms with Gasteiger partial charge in [-0.05, 0) is 59.8 Å². The van der Waals surface area contributed by atoms with Crippen LogP contribution in [0.15, 0.2) is 60.4 Å². The number of hydrogen-bond donors (Lipinski definition) is 2. The third kappa shape index (κ3) is 6.04. The summed E-state index contributed by atoms with van der Waals surface area (Å²) < 4.78 is 28.2. The number of ether oxygens (including phenoxy) is 5. The molecule has 3 aromatic carbocycles. The van der Waals surface area contributed by atoms with Crippen molar-refractivity contribution in [2.45, 2.75) is 26.2 Å². The monoisotopic (exact) mass is 585 g/mol. The zero-order valence-electron chi connectivity index (χ0n) is 24.0. The molecule has 0 amide bonds. The molecule has 0 atom stereocenters. The van der Waals surface area contributed by atoms with Crippen molar-refractivity contribution in [1.82, 2.24) is 4.98 Å². The Labute approximate surface area is 248 Å². The van der Waals surface area contributed by atoms with Gasteiger partial charge >= 0.3 is 11.9 Å². The van der Waals surface area contributed by atoms with Crippen molar-refractivity contribution >= 4 is 28.8 Å². The van der Waals surface area contributed by atoms with Gasteiger partial charge in [0.1, 0.15) is 17.2 Å². The van der Waals surface area contributed by atoms with Crippen molar-refractivity contribution in [2.75, 3.05) is 27.6 Å². The first-order valence-corrected chi connectivity index (χ1v) is 13.7. The highest BCUT2D eigenvalue weighted by Gasteiger charge is 2.22. The van der Waals surface area contributed by atoms with E-state index in [-0.39, 0.29) is 24.4 Å². The number of aromatic carboxylic acids is 1. The summed E-state index contributed by atoms with van der Waals surface area (Å²) in [7, 11) is 3.05. The van der Waals surface area contributed by atoms with E-state index < -0.39 is 11.9 Å². The van der Waals surface area contributed by atoms with Crippen molar-refractivity contribution in [3.05, 3.63) is 77.1 Å². The summed E-state index contributed by atoms with van der Waals surface area (Å²) in [5.74, 6) is 0.307. The molecule has 0 saturated heterocycles. The largest absolute Gasteiger partial charge is 0.496 e. The lowest BCUT2D eigenvalue weighted by Crippen LogP contribution is -2.06. The van der Waals surface area contributed by atoms with Crippen LogP contribution in [0.3, 0.4) is 0 Å². The van der Waals surface area contributed by atoms with E-state index in [0.717, 1.165) is 12.8 Å². The van der Waals surface area contributed by atoms with Crippen LogP contribution in [0.25, 0.3) is 28.0 Å². The number of aliphatic carboxylic acids is 1. The number of carbonyl (C=O) groups is 2. The minimum absolute atomic E-state index is 0.0159. The fourth-order valence-electron chi connectivity index (χ4n) is 5.01. The Bertz CT molecular complexity index is 1730. The number of rotatable bonds is 12. The number of carboxylic acids is 2. The highest BCUT2D eigenvalue weighted by atomic mass is 16.7. The minimum Gasteiger partial charge on any atom is -0.496 e. The van der Waals surface area contributed by atoms with Gasteiger partial charge in [-0.3, -0.25) is 4.98 Å². The van der Waals surface area contributed by atoms with E-state index >= 15 is 0 Å². The number of nitrogens with zero attached hydrogens (tertiary/aromatic N) is 1. The number of fused-ring (bicyclic) bond motifs is 2. The Morgan fingerprint density at radius 1 is 0.930 bits per heavy atom. The molecule has 5 rings (SSSR count). The predicted molar refractivity (Wildman–Crippen MR) is 160 cm³/mol. The number of pyridine rings is 1. The molecule has 1 aliphatic heterocycles. The molecule has 1 aromatic heterocycles. The summed E-state index contributed by atoms with van der Waals surface area (Å²) in [6.45, 7) is 2.55. The van der Waals surface area contributed by atoms with E-state index in [1.54, 1.807) is 55.9 Å². The van der Waals surface area contributed by atoms with Crippen molar-refractivity contribution in [3.8, 4) is 39.9 Å². The Morgan fingerprint density at radius 3 is 2.40 bits per heavy atom. The van der Waals surface area contributed by atoms with Crippen LogP contribution in [-0.2, 0) is 11.2 Å². The van der Waals surface area contributed by atoms with Crippen LogP contribution in [-0.4, -0.2) is 54.8 Å². The second-order valence-electron chi connectivity index (χ2n) is 9.85. The van der Waals surface area contributed by atoms with Gasteiger partial charge in [0.2, 0.25) is 6.79 Å². The summed E-state index contributed by atoms with van der Waals surface area (Å²) >= 11 is 0. The SMILES string of the molecule is CCCCOc1cncc(/C=C(\Cc2cc3c(cc2OC)OCO3)C(=O)O)c1-c1ccc(OC)c2ccc(C(=O)O)cc12. The van der Waals surface area contributed by atoms with Crippen LogP contribution in [0.1, 0.15) is 41.3 Å². The number of benzene rings is 3. The van der Waals surface area contributed by atoms with Crippen molar-refractivity contribution in [3.63, 3.8) is 0 Å². The quantitative estimate of drug-likeness (QED) is 0.145. The van der Waals surface area contributed by atoms with E-state index in [1.165, 1.54) is 13.2 Å². The van der Waals surface area contributed by atoms with E-state index in [2.05, 4.69) is 11.9 Å². The van der Waals surface area contributed by atoms with Gasteiger partial charge < -0.3 is 33.9 Å². The predicted octanol–water partition coefficient (Wildman–Crippen LogP) is 6.24. The van der Waals surface area contributed by atoms with Gasteiger partial charge in [-0.25, -0.2) is 9.59 Å². The fourth-order valence-corrected chi connectivity index (χ4v) is 5.01. The smallest absolute Gasteiger partial charge is 0.335 e. The molecule has 10 heteroatoms. The lowest BCUT2D eigenvalue weighted by Gasteiger charge is -2.18. The summed E-state index contributed by atoms with van der Waals surface area (Å²) in [4.78, 5) is 28.9. The molecule has 0 radical (unpaired) electrons. The average Bonchev–Trinajstić information content (AvgIpc) is 3.47. The number of hydrogen-bond acceptors (Lipinski definition) is 8. The maximum atomic E-state index is 12.6. The van der Waals surface area contributed by atoms with Crippen LogP contribution in [0.4, 0.5) is 0 Å². The van der Waals surface area contributed by atoms with Crippen LogP contribution in [0.5, 0.6) is 28.7 Å². The molecule has 2 heterocycles. The van der Waals surface area contributed by atoms with Crippen LogP contribution in [0.2, 0.25) is 0 Å². The summed E-state index contributed by atoms with van der Waals surface area (Å²) in [5, 5.41) is 21.3. The third-order valence-electron chi connectivity index (χ3n) is 7.17. The number of carboxylic acid groups (broad SMARTS) is 2. The Morgan fingerprint density at radius 2 is 1.70 bits per heavy atom. The minimum atomic E-state index is -1.13. The van der Waals surface area contributed by atoms with E-state index in [9.17, 15) is 19.8 Å². The fraction of sp³-hybridized carbons (Fsp3) is 0.242.